The number of non-ortho nitro benzene ring substituents is 1. The van der Waals surface area contributed by atoms with Crippen LogP contribution in [0.4, 0.5) is 11.4 Å². The van der Waals surface area contributed by atoms with Crippen molar-refractivity contribution in [1.82, 2.24) is 5.32 Å². The Bertz CT molecular complexity index is 926. The van der Waals surface area contributed by atoms with Crippen LogP contribution in [0, 0.1) is 20.2 Å². The van der Waals surface area contributed by atoms with Crippen LogP contribution >= 0.6 is 0 Å². The Morgan fingerprint density at radius 3 is 2.29 bits per heavy atom. The highest BCUT2D eigenvalue weighted by Gasteiger charge is 2.28. The van der Waals surface area contributed by atoms with Crippen LogP contribution in [0.3, 0.4) is 0 Å². The van der Waals surface area contributed by atoms with Gasteiger partial charge in [0.25, 0.3) is 17.3 Å². The predicted octanol–water partition coefficient (Wildman–Crippen LogP) is 1.72. The zero-order valence-electron chi connectivity index (χ0n) is 14.5. The molecule has 1 atom stereocenters. The molecule has 0 heterocycles. The molecule has 2 N–H and O–H groups in total. The van der Waals surface area contributed by atoms with Gasteiger partial charge in [-0.05, 0) is 23.8 Å². The lowest BCUT2D eigenvalue weighted by atomic mass is 10.0. The Balaban J connectivity index is 2.30. The number of methoxy groups -OCH3 is 1. The zero-order chi connectivity index (χ0) is 20.8. The van der Waals surface area contributed by atoms with Crippen molar-refractivity contribution in [2.75, 3.05) is 7.11 Å². The number of hydrogen-bond donors (Lipinski definition) is 2. The average molecular weight is 389 g/mol. The summed E-state index contributed by atoms with van der Waals surface area (Å²) in [6.45, 7) is 0. The van der Waals surface area contributed by atoms with Crippen molar-refractivity contribution in [1.29, 1.82) is 0 Å². The molecule has 28 heavy (non-hydrogen) atoms. The quantitative estimate of drug-likeness (QED) is 0.411. The van der Waals surface area contributed by atoms with E-state index in [-0.39, 0.29) is 12.2 Å². The molecule has 0 spiro atoms. The van der Waals surface area contributed by atoms with E-state index in [2.05, 4.69) is 10.1 Å². The molecule has 0 aliphatic rings. The third kappa shape index (κ3) is 4.78. The molecule has 0 aliphatic heterocycles. The monoisotopic (exact) mass is 389 g/mol. The number of benzene rings is 2. The number of nitro groups is 2. The third-order valence-corrected chi connectivity index (χ3v) is 3.80. The van der Waals surface area contributed by atoms with Gasteiger partial charge in [0.1, 0.15) is 17.4 Å². The van der Waals surface area contributed by atoms with Gasteiger partial charge in [-0.1, -0.05) is 12.1 Å². The predicted molar refractivity (Wildman–Crippen MR) is 94.8 cm³/mol. The summed E-state index contributed by atoms with van der Waals surface area (Å²) in [6, 6.07) is 7.26. The molecular weight excluding hydrogens is 374 g/mol. The first-order valence-corrected chi connectivity index (χ1v) is 7.82. The van der Waals surface area contributed by atoms with E-state index in [9.17, 15) is 34.9 Å². The van der Waals surface area contributed by atoms with Crippen molar-refractivity contribution >= 4 is 23.3 Å². The van der Waals surface area contributed by atoms with E-state index in [1.807, 2.05) is 0 Å². The van der Waals surface area contributed by atoms with Crippen molar-refractivity contribution < 1.29 is 29.3 Å². The number of phenolic OH excluding ortho intramolecular Hbond substituents is 1. The standard InChI is InChI=1S/C17H15N3O8/c1-28-17(23)14(8-10-2-5-12(21)6-3-10)18-16(22)13-7-4-11(19(24)25)9-15(13)20(26)27/h2-7,9,14,21H,8H2,1H3,(H,18,22)/t14-/m1/s1. The summed E-state index contributed by atoms with van der Waals surface area (Å²) in [4.78, 5) is 44.7. The van der Waals surface area contributed by atoms with Gasteiger partial charge in [0.15, 0.2) is 0 Å². The fourth-order valence-electron chi connectivity index (χ4n) is 2.42. The minimum atomic E-state index is -1.17. The molecular formula is C17H15N3O8. The first-order valence-electron chi connectivity index (χ1n) is 7.82. The maximum Gasteiger partial charge on any atom is 0.328 e. The number of carbonyl (C=O) groups is 2. The Labute approximate surface area is 157 Å². The van der Waals surface area contributed by atoms with Crippen LogP contribution < -0.4 is 5.32 Å². The third-order valence-electron chi connectivity index (χ3n) is 3.80. The minimum Gasteiger partial charge on any atom is -0.508 e. The summed E-state index contributed by atoms with van der Waals surface area (Å²) in [7, 11) is 1.12. The molecule has 1 amide bonds. The summed E-state index contributed by atoms with van der Waals surface area (Å²) < 4.78 is 4.65. The van der Waals surface area contributed by atoms with Gasteiger partial charge in [-0.15, -0.1) is 0 Å². The topological polar surface area (TPSA) is 162 Å². The second-order valence-corrected chi connectivity index (χ2v) is 5.64. The minimum absolute atomic E-state index is 0.000524. The van der Waals surface area contributed by atoms with Gasteiger partial charge in [-0.2, -0.15) is 0 Å². The van der Waals surface area contributed by atoms with Crippen LogP contribution in [0.2, 0.25) is 0 Å². The van der Waals surface area contributed by atoms with E-state index in [4.69, 9.17) is 0 Å². The molecule has 0 saturated heterocycles. The number of nitro benzene ring substituents is 2. The maximum absolute atomic E-state index is 12.5. The lowest BCUT2D eigenvalue weighted by molar-refractivity contribution is -0.394. The molecule has 11 heteroatoms. The SMILES string of the molecule is COC(=O)[C@@H](Cc1ccc(O)cc1)NC(=O)c1ccc([N+](=O)[O-])cc1[N+](=O)[O-]. The maximum atomic E-state index is 12.5. The van der Waals surface area contributed by atoms with Gasteiger partial charge in [0.2, 0.25) is 0 Å². The number of hydrogen-bond acceptors (Lipinski definition) is 8. The summed E-state index contributed by atoms with van der Waals surface area (Å²) in [5.74, 6) is -1.73. The van der Waals surface area contributed by atoms with E-state index in [0.717, 1.165) is 19.2 Å². The summed E-state index contributed by atoms with van der Waals surface area (Å²) in [5, 5.41) is 33.6. The highest BCUT2D eigenvalue weighted by atomic mass is 16.6. The number of amides is 1. The van der Waals surface area contributed by atoms with Gasteiger partial charge in [-0.25, -0.2) is 4.79 Å². The number of nitrogens with one attached hydrogen (secondary N) is 1. The fraction of sp³-hybridized carbons (Fsp3) is 0.176. The second-order valence-electron chi connectivity index (χ2n) is 5.64. The first kappa shape index (κ1) is 20.3. The smallest absolute Gasteiger partial charge is 0.328 e. The van der Waals surface area contributed by atoms with E-state index in [0.29, 0.717) is 11.6 Å². The Hall–Kier alpha value is -4.02. The lowest BCUT2D eigenvalue weighted by Crippen LogP contribution is -2.43. The van der Waals surface area contributed by atoms with Gasteiger partial charge >= 0.3 is 5.97 Å². The molecule has 0 aliphatic carbocycles. The number of carbonyl (C=O) groups excluding carboxylic acids is 2. The number of phenols is 1. The molecule has 0 unspecified atom stereocenters. The van der Waals surface area contributed by atoms with Crippen molar-refractivity contribution in [2.24, 2.45) is 0 Å². The summed E-state index contributed by atoms with van der Waals surface area (Å²) in [5.41, 5.74) is -1.15. The zero-order valence-corrected chi connectivity index (χ0v) is 14.5. The average Bonchev–Trinajstić information content (AvgIpc) is 2.67. The molecule has 146 valence electrons. The highest BCUT2D eigenvalue weighted by molar-refractivity contribution is 6.00. The van der Waals surface area contributed by atoms with E-state index in [1.54, 1.807) is 0 Å². The first-order chi connectivity index (χ1) is 13.2. The van der Waals surface area contributed by atoms with Crippen LogP contribution in [-0.4, -0.2) is 40.0 Å². The van der Waals surface area contributed by atoms with Crippen LogP contribution in [0.25, 0.3) is 0 Å². The number of rotatable bonds is 7. The molecule has 0 saturated carbocycles. The van der Waals surface area contributed by atoms with Crippen molar-refractivity contribution in [3.63, 3.8) is 0 Å². The fourth-order valence-corrected chi connectivity index (χ4v) is 2.42. The van der Waals surface area contributed by atoms with Crippen LogP contribution in [0.15, 0.2) is 42.5 Å². The van der Waals surface area contributed by atoms with E-state index < -0.39 is 44.7 Å². The molecule has 0 fully saturated rings. The molecule has 0 radical (unpaired) electrons. The van der Waals surface area contributed by atoms with Crippen LogP contribution in [0.5, 0.6) is 5.75 Å². The van der Waals surface area contributed by atoms with Crippen LogP contribution in [-0.2, 0) is 16.0 Å². The number of nitrogens with zero attached hydrogens (tertiary/aromatic N) is 2. The molecule has 0 aromatic heterocycles. The Morgan fingerprint density at radius 2 is 1.75 bits per heavy atom. The molecule has 0 bridgehead atoms. The van der Waals surface area contributed by atoms with E-state index in [1.165, 1.54) is 24.3 Å². The lowest BCUT2D eigenvalue weighted by Gasteiger charge is -2.16. The number of ether oxygens (including phenoxy) is 1. The largest absolute Gasteiger partial charge is 0.508 e. The van der Waals surface area contributed by atoms with Gasteiger partial charge in [-0.3, -0.25) is 25.0 Å². The number of esters is 1. The van der Waals surface area contributed by atoms with Gasteiger partial charge < -0.3 is 15.2 Å². The molecule has 2 aromatic carbocycles. The molecule has 2 aromatic rings. The van der Waals surface area contributed by atoms with Crippen molar-refractivity contribution in [3.8, 4) is 5.75 Å². The van der Waals surface area contributed by atoms with E-state index >= 15 is 0 Å². The van der Waals surface area contributed by atoms with Gasteiger partial charge in [0.05, 0.1) is 23.0 Å². The molecule has 2 rings (SSSR count). The number of aromatic hydroxyl groups is 1. The Morgan fingerprint density at radius 1 is 1.11 bits per heavy atom. The van der Waals surface area contributed by atoms with Crippen molar-refractivity contribution in [3.05, 3.63) is 73.8 Å². The Kier molecular flexibility index (Phi) is 6.22. The van der Waals surface area contributed by atoms with Gasteiger partial charge in [0, 0.05) is 12.5 Å². The highest BCUT2D eigenvalue weighted by Crippen LogP contribution is 2.25. The molecule has 11 nitrogen and oxygen atoms in total. The second kappa shape index (κ2) is 8.58. The van der Waals surface area contributed by atoms with Crippen LogP contribution in [0.1, 0.15) is 15.9 Å². The summed E-state index contributed by atoms with van der Waals surface area (Å²) >= 11 is 0. The summed E-state index contributed by atoms with van der Waals surface area (Å²) in [6.07, 6.45) is -0.000524. The van der Waals surface area contributed by atoms with Crippen molar-refractivity contribution in [2.45, 2.75) is 12.5 Å². The normalized spacial score (nSPS) is 11.3.